The van der Waals surface area contributed by atoms with Gasteiger partial charge in [0.2, 0.25) is 0 Å². The van der Waals surface area contributed by atoms with Gasteiger partial charge in [0.25, 0.3) is 0 Å². The van der Waals surface area contributed by atoms with Crippen molar-refractivity contribution < 1.29 is 34.2 Å². The number of allylic oxidation sites excluding steroid dienone is 2. The van der Waals surface area contributed by atoms with Crippen LogP contribution in [-0.2, 0) is 14.4 Å². The molecule has 0 bridgehead atoms. The van der Waals surface area contributed by atoms with Crippen molar-refractivity contribution in [2.45, 2.75) is 149 Å². The van der Waals surface area contributed by atoms with Gasteiger partial charge in [-0.05, 0) is 32.6 Å². The van der Waals surface area contributed by atoms with Crippen LogP contribution in [0.2, 0.25) is 0 Å². The van der Waals surface area contributed by atoms with Crippen LogP contribution in [0, 0.1) is 0 Å². The van der Waals surface area contributed by atoms with Gasteiger partial charge >= 0.3 is 11.9 Å². The lowest BCUT2D eigenvalue weighted by Gasteiger charge is -2.51. The minimum absolute atomic E-state index is 0.131. The molecule has 0 aliphatic heterocycles. The van der Waals surface area contributed by atoms with Crippen molar-refractivity contribution in [3.05, 3.63) is 12.2 Å². The highest BCUT2D eigenvalue weighted by molar-refractivity contribution is 5.77. The molecule has 2 N–H and O–H groups in total. The van der Waals surface area contributed by atoms with Gasteiger partial charge in [0.1, 0.15) is 6.04 Å². The first-order chi connectivity index (χ1) is 17.2. The Labute approximate surface area is 219 Å². The van der Waals surface area contributed by atoms with E-state index in [2.05, 4.69) is 19.1 Å². The molecule has 0 saturated carbocycles. The minimum Gasteiger partial charge on any atom is -0.544 e. The molecule has 0 aromatic heterocycles. The van der Waals surface area contributed by atoms with Crippen molar-refractivity contribution in [2.75, 3.05) is 6.54 Å². The Morgan fingerprint density at radius 1 is 0.667 bits per heavy atom. The molecule has 36 heavy (non-hydrogen) atoms. The van der Waals surface area contributed by atoms with Gasteiger partial charge in [-0.2, -0.15) is 0 Å². The fourth-order valence-corrected chi connectivity index (χ4v) is 5.84. The van der Waals surface area contributed by atoms with Crippen molar-refractivity contribution >= 4 is 17.9 Å². The first kappa shape index (κ1) is 34.1. The molecule has 0 spiro atoms. The summed E-state index contributed by atoms with van der Waals surface area (Å²) >= 11 is 0. The fraction of sp³-hybridized carbons (Fsp3) is 0.828. The largest absolute Gasteiger partial charge is 0.544 e. The van der Waals surface area contributed by atoms with Crippen LogP contribution in [-0.4, -0.2) is 57.3 Å². The van der Waals surface area contributed by atoms with Crippen molar-refractivity contribution in [3.8, 4) is 0 Å². The average Bonchev–Trinajstić information content (AvgIpc) is 2.82. The highest BCUT2D eigenvalue weighted by Gasteiger charge is 2.53. The lowest BCUT2D eigenvalue weighted by atomic mass is 9.93. The van der Waals surface area contributed by atoms with E-state index in [0.717, 1.165) is 25.7 Å². The molecule has 0 aliphatic carbocycles. The smallest absolute Gasteiger partial charge is 0.362 e. The first-order valence-electron chi connectivity index (χ1n) is 14.4. The van der Waals surface area contributed by atoms with Gasteiger partial charge < -0.3 is 20.1 Å². The highest BCUT2D eigenvalue weighted by Crippen LogP contribution is 2.32. The second-order valence-electron chi connectivity index (χ2n) is 10.1. The summed E-state index contributed by atoms with van der Waals surface area (Å²) < 4.78 is -0.467. The maximum Gasteiger partial charge on any atom is 0.362 e. The molecule has 0 fully saturated rings. The summed E-state index contributed by atoms with van der Waals surface area (Å²) in [6.07, 6.45) is 19.6. The molecule has 0 rings (SSSR count). The Morgan fingerprint density at radius 3 is 1.33 bits per heavy atom. The number of carbonyl (C=O) groups excluding carboxylic acids is 1. The van der Waals surface area contributed by atoms with E-state index < -0.39 is 40.5 Å². The van der Waals surface area contributed by atoms with Crippen LogP contribution < -0.4 is 5.11 Å². The number of aliphatic carboxylic acids is 3. The van der Waals surface area contributed by atoms with Gasteiger partial charge in [0.15, 0.2) is 12.1 Å². The number of carbonyl (C=O) groups is 3. The van der Waals surface area contributed by atoms with Gasteiger partial charge in [-0.25, -0.2) is 9.59 Å². The Kier molecular flexibility index (Phi) is 19.1. The predicted octanol–water partition coefficient (Wildman–Crippen LogP) is 5.71. The molecule has 0 amide bonds. The summed E-state index contributed by atoms with van der Waals surface area (Å²) in [5, 5.41) is 32.0. The number of carboxylic acid groups (broad SMARTS) is 3. The zero-order valence-electron chi connectivity index (χ0n) is 23.4. The lowest BCUT2D eigenvalue weighted by Crippen LogP contribution is -2.73. The second-order valence-corrected chi connectivity index (χ2v) is 10.1. The minimum atomic E-state index is -1.37. The molecule has 210 valence electrons. The van der Waals surface area contributed by atoms with E-state index in [9.17, 15) is 29.7 Å². The molecule has 7 nitrogen and oxygen atoms in total. The third-order valence-corrected chi connectivity index (χ3v) is 7.65. The van der Waals surface area contributed by atoms with Crippen molar-refractivity contribution in [2.24, 2.45) is 0 Å². The van der Waals surface area contributed by atoms with Gasteiger partial charge in [-0.3, -0.25) is 4.48 Å². The van der Waals surface area contributed by atoms with Crippen molar-refractivity contribution in [1.82, 2.24) is 0 Å². The van der Waals surface area contributed by atoms with Crippen molar-refractivity contribution in [3.63, 3.8) is 0 Å². The summed E-state index contributed by atoms with van der Waals surface area (Å²) in [4.78, 5) is 36.5. The molecule has 3 atom stereocenters. The topological polar surface area (TPSA) is 115 Å². The Bertz CT molecular complexity index is 593. The number of unbranched alkanes of at least 4 members (excludes halogenated alkanes) is 12. The molecule has 0 aromatic carbocycles. The highest BCUT2D eigenvalue weighted by atomic mass is 16.4. The Morgan fingerprint density at radius 2 is 1.03 bits per heavy atom. The third kappa shape index (κ3) is 11.4. The lowest BCUT2D eigenvalue weighted by molar-refractivity contribution is -0.974. The molecule has 7 heteroatoms. The summed E-state index contributed by atoms with van der Waals surface area (Å²) in [5.41, 5.74) is 0. The van der Waals surface area contributed by atoms with Crippen LogP contribution in [0.15, 0.2) is 12.2 Å². The van der Waals surface area contributed by atoms with Gasteiger partial charge in [-0.15, -0.1) is 0 Å². The van der Waals surface area contributed by atoms with Crippen LogP contribution in [0.4, 0.5) is 0 Å². The van der Waals surface area contributed by atoms with E-state index in [-0.39, 0.29) is 25.8 Å². The van der Waals surface area contributed by atoms with Crippen molar-refractivity contribution in [1.29, 1.82) is 0 Å². The monoisotopic (exact) mass is 511 g/mol. The van der Waals surface area contributed by atoms with E-state index in [1.54, 1.807) is 20.8 Å². The van der Waals surface area contributed by atoms with Gasteiger partial charge in [0, 0.05) is 19.3 Å². The molecule has 0 aliphatic rings. The van der Waals surface area contributed by atoms with E-state index >= 15 is 0 Å². The SMILES string of the molecule is C/C=C/CCCCCCCCCCCCCC[N+](C(CC)C(=O)[O-])(C(CC)C(=O)O)C(CC)C(=O)O. The molecule has 0 radical (unpaired) electrons. The standard InChI is InChI=1S/C29H53NO6/c1-5-9-10-11-12-13-14-15-16-17-18-19-20-21-22-23-30(24(6-2)27(31)32,25(7-3)28(33)34)26(8-4)29(35)36/h5,9,24-26H,6-8,10-23H2,1-4H3,(H2-,31,32,33,34,35,36)/b9-5+. The number of carboxylic acids is 3. The maximum atomic E-state index is 12.2. The summed E-state index contributed by atoms with van der Waals surface area (Å²) in [5.74, 6) is -3.65. The summed E-state index contributed by atoms with van der Waals surface area (Å²) in [6.45, 7) is 7.32. The van der Waals surface area contributed by atoms with E-state index in [4.69, 9.17) is 0 Å². The second kappa shape index (κ2) is 20.2. The number of nitrogens with zero attached hydrogens (tertiary/aromatic N) is 1. The van der Waals surface area contributed by atoms with Crippen LogP contribution in [0.1, 0.15) is 130 Å². The maximum absolute atomic E-state index is 12.2. The zero-order chi connectivity index (χ0) is 27.4. The Hall–Kier alpha value is -1.89. The zero-order valence-corrected chi connectivity index (χ0v) is 23.4. The van der Waals surface area contributed by atoms with Crippen LogP contribution >= 0.6 is 0 Å². The number of hydrogen-bond acceptors (Lipinski definition) is 4. The van der Waals surface area contributed by atoms with Crippen LogP contribution in [0.5, 0.6) is 0 Å². The van der Waals surface area contributed by atoms with Crippen LogP contribution in [0.3, 0.4) is 0 Å². The van der Waals surface area contributed by atoms with Gasteiger partial charge in [0.05, 0.1) is 12.5 Å². The van der Waals surface area contributed by atoms with E-state index in [0.29, 0.717) is 6.42 Å². The molecule has 0 aromatic rings. The Balaban J connectivity index is 4.81. The normalized spacial score (nSPS) is 15.9. The predicted molar refractivity (Wildman–Crippen MR) is 142 cm³/mol. The fourth-order valence-electron chi connectivity index (χ4n) is 5.84. The first-order valence-corrected chi connectivity index (χ1v) is 14.4. The molecular formula is C29H53NO6. The van der Waals surface area contributed by atoms with Crippen LogP contribution in [0.25, 0.3) is 0 Å². The number of hydrogen-bond donors (Lipinski definition) is 2. The average molecular weight is 512 g/mol. The molecular weight excluding hydrogens is 458 g/mol. The quantitative estimate of drug-likeness (QED) is 0.0975. The molecule has 0 saturated heterocycles. The summed E-state index contributed by atoms with van der Waals surface area (Å²) in [6, 6.07) is -3.37. The van der Waals surface area contributed by atoms with Gasteiger partial charge in [-0.1, -0.05) is 90.7 Å². The number of rotatable bonds is 24. The molecule has 0 heterocycles. The van der Waals surface area contributed by atoms with E-state index in [1.165, 1.54) is 51.4 Å². The third-order valence-electron chi connectivity index (χ3n) is 7.65. The number of quaternary nitrogens is 1. The summed E-state index contributed by atoms with van der Waals surface area (Å²) in [7, 11) is 0. The van der Waals surface area contributed by atoms with E-state index in [1.807, 2.05) is 0 Å². The molecule has 3 unspecified atom stereocenters.